The minimum Gasteiger partial charge on any atom is -0.387 e. The van der Waals surface area contributed by atoms with Crippen LogP contribution < -0.4 is 22.0 Å². The van der Waals surface area contributed by atoms with Gasteiger partial charge in [-0.2, -0.15) is 0 Å². The first-order valence-corrected chi connectivity index (χ1v) is 13.5. The zero-order valence-electron chi connectivity index (χ0n) is 22.8. The number of H-pyrrole nitrogens is 2. The molecule has 0 bridgehead atoms. The summed E-state index contributed by atoms with van der Waals surface area (Å²) in [6.07, 6.45) is 0.298. The van der Waals surface area contributed by atoms with Crippen LogP contribution in [0.2, 0.25) is 0 Å². The summed E-state index contributed by atoms with van der Waals surface area (Å²) in [7, 11) is 0. The van der Waals surface area contributed by atoms with Crippen molar-refractivity contribution in [3.8, 4) is 0 Å². The Hall–Kier alpha value is -2.89. The lowest BCUT2D eigenvalue weighted by Gasteiger charge is -2.24. The number of aliphatic hydroxyl groups is 2. The molecule has 2 aliphatic heterocycles. The molecule has 2 unspecified atom stereocenters. The Morgan fingerprint density at radius 3 is 1.49 bits per heavy atom. The normalized spacial score (nSPS) is 22.4. The lowest BCUT2D eigenvalue weighted by Crippen LogP contribution is -2.39. The average molecular weight is 559 g/mol. The largest absolute Gasteiger partial charge is 0.387 e. The minimum atomic E-state index is -0.588. The SMILES string of the molecule is CC(C)NC1CCn2c(=O)[nH]c3cccc(c32)C1O.CC(C)N[C@@H]1CCn2c(=O)[nH]c3cccc(c32)[C@H]1O.Cl. The summed E-state index contributed by atoms with van der Waals surface area (Å²) in [5, 5.41) is 27.9. The minimum absolute atomic E-state index is 0. The molecule has 0 saturated carbocycles. The van der Waals surface area contributed by atoms with Crippen molar-refractivity contribution < 1.29 is 10.2 Å². The number of rotatable bonds is 4. The van der Waals surface area contributed by atoms with Gasteiger partial charge in [-0.15, -0.1) is 12.4 Å². The van der Waals surface area contributed by atoms with Gasteiger partial charge in [0.1, 0.15) is 0 Å². The highest BCUT2D eigenvalue weighted by Gasteiger charge is 2.29. The Bertz CT molecular complexity index is 1440. The number of aliphatic hydroxyl groups excluding tert-OH is 2. The molecule has 212 valence electrons. The molecule has 2 aliphatic rings. The zero-order chi connectivity index (χ0) is 27.1. The van der Waals surface area contributed by atoms with Crippen LogP contribution in [0.25, 0.3) is 22.1 Å². The number of benzene rings is 2. The Morgan fingerprint density at radius 1 is 0.744 bits per heavy atom. The summed E-state index contributed by atoms with van der Waals surface area (Å²) >= 11 is 0. The molecule has 11 heteroatoms. The van der Waals surface area contributed by atoms with Crippen molar-refractivity contribution in [3.63, 3.8) is 0 Å². The highest BCUT2D eigenvalue weighted by Crippen LogP contribution is 2.31. The Balaban J connectivity index is 0.000000176. The number of nitrogens with one attached hydrogen (secondary N) is 4. The van der Waals surface area contributed by atoms with Gasteiger partial charge >= 0.3 is 11.4 Å². The number of aryl methyl sites for hydroxylation is 2. The first kappa shape index (κ1) is 29.1. The molecule has 0 fully saturated rings. The summed E-state index contributed by atoms with van der Waals surface area (Å²) in [5.41, 5.74) is 4.73. The molecule has 0 saturated heterocycles. The number of para-hydroxylation sites is 2. The number of hydrogen-bond donors (Lipinski definition) is 6. The fraction of sp³-hybridized carbons (Fsp3) is 0.500. The summed E-state index contributed by atoms with van der Waals surface area (Å²) < 4.78 is 3.46. The Morgan fingerprint density at radius 2 is 1.13 bits per heavy atom. The van der Waals surface area contributed by atoms with Gasteiger partial charge in [-0.05, 0) is 25.0 Å². The number of aromatic nitrogens is 4. The summed E-state index contributed by atoms with van der Waals surface area (Å²) in [6, 6.07) is 11.9. The molecule has 0 amide bonds. The smallest absolute Gasteiger partial charge is 0.326 e. The van der Waals surface area contributed by atoms with Crippen molar-refractivity contribution in [1.82, 2.24) is 29.7 Å². The Labute approximate surface area is 232 Å². The van der Waals surface area contributed by atoms with E-state index in [-0.39, 0.29) is 35.9 Å². The van der Waals surface area contributed by atoms with E-state index in [0.29, 0.717) is 25.2 Å². The fourth-order valence-electron chi connectivity index (χ4n) is 5.89. The Kier molecular flexibility index (Phi) is 8.72. The van der Waals surface area contributed by atoms with E-state index in [2.05, 4.69) is 48.3 Å². The maximum atomic E-state index is 11.9. The van der Waals surface area contributed by atoms with Gasteiger partial charge in [0.05, 0.1) is 34.3 Å². The molecule has 4 atom stereocenters. The van der Waals surface area contributed by atoms with Crippen LogP contribution in [0.3, 0.4) is 0 Å². The lowest BCUT2D eigenvalue weighted by molar-refractivity contribution is 0.121. The molecular weight excluding hydrogens is 520 g/mol. The summed E-state index contributed by atoms with van der Waals surface area (Å²) in [4.78, 5) is 29.6. The maximum absolute atomic E-state index is 11.9. The van der Waals surface area contributed by atoms with Crippen LogP contribution in [0.15, 0.2) is 46.0 Å². The first-order valence-electron chi connectivity index (χ1n) is 13.5. The second kappa shape index (κ2) is 11.7. The van der Waals surface area contributed by atoms with E-state index in [1.54, 1.807) is 9.13 Å². The predicted molar refractivity (Wildman–Crippen MR) is 156 cm³/mol. The molecule has 0 spiro atoms. The van der Waals surface area contributed by atoms with Crippen molar-refractivity contribution in [2.45, 2.75) is 90.0 Å². The second-order valence-electron chi connectivity index (χ2n) is 11.0. The second-order valence-corrected chi connectivity index (χ2v) is 11.0. The van der Waals surface area contributed by atoms with E-state index < -0.39 is 12.2 Å². The number of hydrogen-bond acceptors (Lipinski definition) is 6. The monoisotopic (exact) mass is 558 g/mol. The van der Waals surface area contributed by atoms with E-state index >= 15 is 0 Å². The third kappa shape index (κ3) is 5.57. The zero-order valence-corrected chi connectivity index (χ0v) is 23.6. The van der Waals surface area contributed by atoms with Crippen LogP contribution in [0.5, 0.6) is 0 Å². The summed E-state index contributed by atoms with van der Waals surface area (Å²) in [6.45, 7) is 9.49. The molecule has 2 aromatic heterocycles. The molecule has 6 rings (SSSR count). The van der Waals surface area contributed by atoms with Gasteiger partial charge in [0.15, 0.2) is 0 Å². The number of aromatic amines is 2. The van der Waals surface area contributed by atoms with Crippen LogP contribution in [-0.4, -0.2) is 53.5 Å². The van der Waals surface area contributed by atoms with Crippen LogP contribution in [0.1, 0.15) is 63.9 Å². The van der Waals surface area contributed by atoms with Crippen molar-refractivity contribution in [2.75, 3.05) is 0 Å². The number of nitrogens with zero attached hydrogens (tertiary/aromatic N) is 2. The first-order chi connectivity index (χ1) is 18.2. The van der Waals surface area contributed by atoms with Gasteiger partial charge in [0.2, 0.25) is 0 Å². The van der Waals surface area contributed by atoms with Crippen LogP contribution in [-0.2, 0) is 13.1 Å². The molecular formula is C28H39ClN6O4. The van der Waals surface area contributed by atoms with E-state index in [1.807, 2.05) is 36.4 Å². The highest BCUT2D eigenvalue weighted by molar-refractivity contribution is 5.85. The lowest BCUT2D eigenvalue weighted by atomic mass is 9.99. The average Bonchev–Trinajstić information content (AvgIpc) is 3.27. The number of halogens is 1. The molecule has 0 radical (unpaired) electrons. The fourth-order valence-corrected chi connectivity index (χ4v) is 5.89. The molecule has 2 aromatic carbocycles. The molecule has 39 heavy (non-hydrogen) atoms. The van der Waals surface area contributed by atoms with Gasteiger partial charge < -0.3 is 30.8 Å². The summed E-state index contributed by atoms with van der Waals surface area (Å²) in [5.74, 6) is 0. The number of imidazole rings is 2. The van der Waals surface area contributed by atoms with Gasteiger partial charge in [-0.3, -0.25) is 9.13 Å². The topological polar surface area (TPSA) is 140 Å². The van der Waals surface area contributed by atoms with Crippen LogP contribution in [0, 0.1) is 0 Å². The van der Waals surface area contributed by atoms with E-state index in [9.17, 15) is 19.8 Å². The van der Waals surface area contributed by atoms with Crippen LogP contribution in [0.4, 0.5) is 0 Å². The van der Waals surface area contributed by atoms with Gasteiger partial charge in [0, 0.05) is 48.4 Å². The third-order valence-electron chi connectivity index (χ3n) is 7.47. The molecule has 6 N–H and O–H groups in total. The van der Waals surface area contributed by atoms with E-state index in [0.717, 1.165) is 46.0 Å². The van der Waals surface area contributed by atoms with E-state index in [1.165, 1.54) is 0 Å². The van der Waals surface area contributed by atoms with Crippen molar-refractivity contribution >= 4 is 34.5 Å². The highest BCUT2D eigenvalue weighted by atomic mass is 35.5. The van der Waals surface area contributed by atoms with Crippen molar-refractivity contribution in [3.05, 3.63) is 68.5 Å². The van der Waals surface area contributed by atoms with E-state index in [4.69, 9.17) is 0 Å². The van der Waals surface area contributed by atoms with Crippen LogP contribution >= 0.6 is 12.4 Å². The van der Waals surface area contributed by atoms with Gasteiger partial charge in [0.25, 0.3) is 0 Å². The quantitative estimate of drug-likeness (QED) is 0.228. The van der Waals surface area contributed by atoms with Gasteiger partial charge in [-0.1, -0.05) is 52.0 Å². The molecule has 4 aromatic rings. The third-order valence-corrected chi connectivity index (χ3v) is 7.47. The predicted octanol–water partition coefficient (Wildman–Crippen LogP) is 2.69. The maximum Gasteiger partial charge on any atom is 0.326 e. The van der Waals surface area contributed by atoms with Crippen molar-refractivity contribution in [1.29, 1.82) is 0 Å². The molecule has 10 nitrogen and oxygen atoms in total. The van der Waals surface area contributed by atoms with Crippen molar-refractivity contribution in [2.24, 2.45) is 0 Å². The molecule has 4 heterocycles. The standard InChI is InChI=1S/2C14H19N3O2.ClH/c2*1-8(2)15-11-6-7-17-12-9(13(11)18)4-3-5-10(12)16-14(17)19;/h2*3-5,8,11,13,15,18H,6-7H2,1-2H3,(H,16,19);1H/t11-,13-;;/m1../s1. The molecule has 0 aliphatic carbocycles. The van der Waals surface area contributed by atoms with Gasteiger partial charge in [-0.25, -0.2) is 9.59 Å².